The number of piperidine rings is 1. The van der Waals surface area contributed by atoms with Gasteiger partial charge in [0.15, 0.2) is 0 Å². The predicted molar refractivity (Wildman–Crippen MR) is 136 cm³/mol. The Kier molecular flexibility index (Phi) is 8.51. The largest absolute Gasteiger partial charge is 0.497 e. The third kappa shape index (κ3) is 6.03. The lowest BCUT2D eigenvalue weighted by Crippen LogP contribution is -2.63. The highest BCUT2D eigenvalue weighted by atomic mass is 19.4. The smallest absolute Gasteiger partial charge is 0.490 e. The van der Waals surface area contributed by atoms with Gasteiger partial charge in [-0.1, -0.05) is 24.3 Å². The van der Waals surface area contributed by atoms with Crippen molar-refractivity contribution in [1.82, 2.24) is 15.1 Å². The number of methoxy groups -OCH3 is 1. The summed E-state index contributed by atoms with van der Waals surface area (Å²) in [7, 11) is 2.99. The summed E-state index contributed by atoms with van der Waals surface area (Å²) in [6, 6.07) is 11.3. The van der Waals surface area contributed by atoms with Gasteiger partial charge in [0.2, 0.25) is 17.7 Å². The van der Waals surface area contributed by atoms with E-state index in [4.69, 9.17) is 14.6 Å². The van der Waals surface area contributed by atoms with Crippen LogP contribution in [-0.2, 0) is 31.9 Å². The minimum Gasteiger partial charge on any atom is -0.497 e. The molecule has 5 rings (SSSR count). The fourth-order valence-electron chi connectivity index (χ4n) is 5.88. The maximum Gasteiger partial charge on any atom is 0.490 e. The van der Waals surface area contributed by atoms with E-state index in [2.05, 4.69) is 5.32 Å². The molecule has 43 heavy (non-hydrogen) atoms. The van der Waals surface area contributed by atoms with Gasteiger partial charge in [0.25, 0.3) is 0 Å². The molecular formula is C28H27F6N3O6. The lowest BCUT2D eigenvalue weighted by molar-refractivity contribution is -0.192. The summed E-state index contributed by atoms with van der Waals surface area (Å²) in [5.74, 6) is -4.73. The first-order valence-corrected chi connectivity index (χ1v) is 13.0. The second-order valence-corrected chi connectivity index (χ2v) is 10.4. The molecule has 0 saturated carbocycles. The van der Waals surface area contributed by atoms with Gasteiger partial charge < -0.3 is 14.7 Å². The molecule has 0 unspecified atom stereocenters. The molecule has 3 fully saturated rings. The average molecular weight is 616 g/mol. The summed E-state index contributed by atoms with van der Waals surface area (Å²) >= 11 is 0. The lowest BCUT2D eigenvalue weighted by Gasteiger charge is -2.42. The van der Waals surface area contributed by atoms with Gasteiger partial charge in [-0.3, -0.25) is 24.6 Å². The number of ether oxygens (including phenoxy) is 1. The molecule has 0 aromatic heterocycles. The van der Waals surface area contributed by atoms with Crippen LogP contribution < -0.4 is 10.1 Å². The van der Waals surface area contributed by atoms with E-state index in [0.29, 0.717) is 30.7 Å². The van der Waals surface area contributed by atoms with Crippen molar-refractivity contribution in [3.05, 3.63) is 65.2 Å². The van der Waals surface area contributed by atoms with Crippen LogP contribution >= 0.6 is 0 Å². The van der Waals surface area contributed by atoms with E-state index in [1.807, 2.05) is 12.1 Å². The van der Waals surface area contributed by atoms with Crippen LogP contribution in [0.4, 0.5) is 26.3 Å². The van der Waals surface area contributed by atoms with Crippen LogP contribution in [0.25, 0.3) is 0 Å². The number of carbonyl (C=O) groups is 4. The van der Waals surface area contributed by atoms with Crippen molar-refractivity contribution < 1.29 is 55.4 Å². The zero-order valence-corrected chi connectivity index (χ0v) is 22.8. The molecule has 3 aliphatic rings. The molecule has 3 heterocycles. The topological polar surface area (TPSA) is 116 Å². The maximum atomic E-state index is 13.9. The Labute approximate surface area is 241 Å². The number of likely N-dealkylation sites (tertiary alicyclic amines) is 2. The number of rotatable bonds is 4. The number of alkyl halides is 6. The number of aliphatic carboxylic acids is 1. The Balaban J connectivity index is 0.000000541. The van der Waals surface area contributed by atoms with Gasteiger partial charge in [-0.25, -0.2) is 4.79 Å². The first-order valence-electron chi connectivity index (χ1n) is 13.0. The number of fused-ring (bicyclic) bond motifs is 2. The van der Waals surface area contributed by atoms with Gasteiger partial charge in [0, 0.05) is 26.2 Å². The van der Waals surface area contributed by atoms with Crippen LogP contribution in [0.1, 0.15) is 35.6 Å². The van der Waals surface area contributed by atoms with Crippen LogP contribution in [0.15, 0.2) is 48.5 Å². The molecule has 0 aliphatic carbocycles. The van der Waals surface area contributed by atoms with Gasteiger partial charge in [0.05, 0.1) is 24.5 Å². The van der Waals surface area contributed by atoms with Crippen LogP contribution in [0.3, 0.4) is 0 Å². The van der Waals surface area contributed by atoms with Crippen LogP contribution in [-0.4, -0.2) is 71.0 Å². The van der Waals surface area contributed by atoms with Crippen molar-refractivity contribution >= 4 is 23.7 Å². The molecule has 1 spiro atoms. The minimum absolute atomic E-state index is 0.114. The van der Waals surface area contributed by atoms with E-state index >= 15 is 0 Å². The Morgan fingerprint density at radius 2 is 1.58 bits per heavy atom. The fourth-order valence-corrected chi connectivity index (χ4v) is 5.88. The third-order valence-electron chi connectivity index (χ3n) is 7.91. The molecule has 232 valence electrons. The molecule has 2 N–H and O–H groups in total. The second-order valence-electron chi connectivity index (χ2n) is 10.4. The Morgan fingerprint density at radius 1 is 1.00 bits per heavy atom. The highest BCUT2D eigenvalue weighted by molar-refractivity contribution is 6.10. The highest BCUT2D eigenvalue weighted by Crippen LogP contribution is 2.51. The van der Waals surface area contributed by atoms with E-state index < -0.39 is 53.2 Å². The van der Waals surface area contributed by atoms with Crippen molar-refractivity contribution in [3.8, 4) is 5.75 Å². The number of imide groups is 1. The number of benzene rings is 2. The number of hydrogen-bond donors (Lipinski definition) is 2. The molecule has 3 saturated heterocycles. The molecule has 3 aliphatic heterocycles. The first-order chi connectivity index (χ1) is 20.0. The Hall–Kier alpha value is -4.14. The number of hydrogen-bond acceptors (Lipinski definition) is 6. The zero-order chi connectivity index (χ0) is 31.9. The summed E-state index contributed by atoms with van der Waals surface area (Å²) in [4.78, 5) is 51.9. The number of carboxylic acid groups (broad SMARTS) is 1. The van der Waals surface area contributed by atoms with E-state index in [-0.39, 0.29) is 18.4 Å². The monoisotopic (exact) mass is 615 g/mol. The molecule has 3 amide bonds. The summed E-state index contributed by atoms with van der Waals surface area (Å²) in [6.45, 7) is 0.523. The van der Waals surface area contributed by atoms with Crippen LogP contribution in [0.5, 0.6) is 5.75 Å². The number of carbonyl (C=O) groups excluding carboxylic acids is 3. The minimum atomic E-state index is -5.08. The predicted octanol–water partition coefficient (Wildman–Crippen LogP) is 3.78. The molecule has 2 aromatic rings. The Bertz CT molecular complexity index is 1400. The number of carboxylic acids is 1. The first kappa shape index (κ1) is 31.8. The zero-order valence-electron chi connectivity index (χ0n) is 22.8. The molecule has 0 radical (unpaired) electrons. The quantitative estimate of drug-likeness (QED) is 0.397. The van der Waals surface area contributed by atoms with Crippen molar-refractivity contribution in [2.75, 3.05) is 20.7 Å². The van der Waals surface area contributed by atoms with Gasteiger partial charge in [-0.15, -0.1) is 0 Å². The van der Waals surface area contributed by atoms with Crippen molar-refractivity contribution in [1.29, 1.82) is 0 Å². The lowest BCUT2D eigenvalue weighted by atomic mass is 9.74. The third-order valence-corrected chi connectivity index (χ3v) is 7.91. The summed E-state index contributed by atoms with van der Waals surface area (Å²) in [5.41, 5.74) is -0.697. The molecule has 2 aromatic carbocycles. The molecule has 4 atom stereocenters. The SMILES string of the molecule is COc1ccc([C@H]2N[C@]3(CCCN(Cc4ccc(C(F)(F)F)cc4)C3=O)[C@H]3C(=O)N(C)C(=O)[C@@H]23)cc1.O=C(O)C(F)(F)F. The molecular weight excluding hydrogens is 588 g/mol. The van der Waals surface area contributed by atoms with Crippen molar-refractivity contribution in [2.45, 2.75) is 43.3 Å². The van der Waals surface area contributed by atoms with Gasteiger partial charge >= 0.3 is 18.3 Å². The Morgan fingerprint density at radius 3 is 2.09 bits per heavy atom. The summed E-state index contributed by atoms with van der Waals surface area (Å²) in [6.07, 6.45) is -8.55. The number of halogens is 6. The second kappa shape index (κ2) is 11.5. The van der Waals surface area contributed by atoms with E-state index in [9.17, 15) is 40.7 Å². The van der Waals surface area contributed by atoms with E-state index in [1.165, 1.54) is 19.2 Å². The molecule has 9 nitrogen and oxygen atoms in total. The fraction of sp³-hybridized carbons (Fsp3) is 0.429. The summed E-state index contributed by atoms with van der Waals surface area (Å²) in [5, 5.41) is 10.5. The van der Waals surface area contributed by atoms with Gasteiger partial charge in [-0.2, -0.15) is 26.3 Å². The van der Waals surface area contributed by atoms with E-state index in [1.54, 1.807) is 24.1 Å². The van der Waals surface area contributed by atoms with Crippen LogP contribution in [0, 0.1) is 11.8 Å². The molecule has 15 heteroatoms. The van der Waals surface area contributed by atoms with Crippen molar-refractivity contribution in [3.63, 3.8) is 0 Å². The summed E-state index contributed by atoms with van der Waals surface area (Å²) < 4.78 is 75.8. The van der Waals surface area contributed by atoms with Gasteiger partial charge in [0.1, 0.15) is 11.3 Å². The van der Waals surface area contributed by atoms with Crippen LogP contribution in [0.2, 0.25) is 0 Å². The van der Waals surface area contributed by atoms with E-state index in [0.717, 1.165) is 22.6 Å². The number of nitrogens with one attached hydrogen (secondary N) is 1. The maximum absolute atomic E-state index is 13.9. The number of amides is 3. The molecule has 0 bridgehead atoms. The number of nitrogens with zero attached hydrogens (tertiary/aromatic N) is 2. The standard InChI is InChI=1S/C26H26F3N3O4.C2HF3O2/c1-31-22(33)19-20(23(31)34)25(30-21(19)16-6-10-18(36-2)11-7-16)12-3-13-32(24(25)35)14-15-4-8-17(9-5-15)26(27,28)29;3-2(4,5)1(6)7/h4-11,19-21,30H,3,12-14H2,1-2H3;(H,6,7)/t19-,20-,21-,25-;/m1./s1. The van der Waals surface area contributed by atoms with Gasteiger partial charge in [-0.05, 0) is 48.2 Å². The normalized spacial score (nSPS) is 25.5. The highest BCUT2D eigenvalue weighted by Gasteiger charge is 2.68. The average Bonchev–Trinajstić information content (AvgIpc) is 3.40. The van der Waals surface area contributed by atoms with Crippen molar-refractivity contribution in [2.24, 2.45) is 11.8 Å².